The number of hydrogen-bond donors (Lipinski definition) is 1. The molecule has 7 unspecified atom stereocenters. The molecule has 1 spiro atoms. The highest BCUT2D eigenvalue weighted by atomic mass is 16.5. The molecule has 1 N–H and O–H groups in total. The number of amidine groups is 2. The lowest BCUT2D eigenvalue weighted by Gasteiger charge is -2.46. The van der Waals surface area contributed by atoms with Gasteiger partial charge in [0.1, 0.15) is 23.2 Å². The summed E-state index contributed by atoms with van der Waals surface area (Å²) in [6.45, 7) is 0. The summed E-state index contributed by atoms with van der Waals surface area (Å²) in [4.78, 5) is 10.8. The Labute approximate surface area is 326 Å². The SMILES string of the molecule is C1=CC2=c3ccccc3=C3C=CC(C4N=C(c5ccccc5)NC(c5cccc6c5Oc5ccccc5C65C6C=CC=CC6C6C=CC=CC65)=N4)=CC3C2C=C1. The number of aliphatic imine (C=N–C) groups is 2. The van der Waals surface area contributed by atoms with E-state index in [4.69, 9.17) is 14.7 Å². The molecule has 0 aromatic heterocycles. The number of ether oxygens (including phenoxy) is 1. The van der Waals surface area contributed by atoms with Gasteiger partial charge in [-0.1, -0.05) is 176 Å². The van der Waals surface area contributed by atoms with E-state index in [1.54, 1.807) is 0 Å². The van der Waals surface area contributed by atoms with E-state index >= 15 is 0 Å². The third-order valence-corrected chi connectivity index (χ3v) is 13.4. The van der Waals surface area contributed by atoms with Gasteiger partial charge in [-0.25, -0.2) is 9.98 Å². The Kier molecular flexibility index (Phi) is 6.95. The molecule has 2 heterocycles. The van der Waals surface area contributed by atoms with Gasteiger partial charge in [0.2, 0.25) is 0 Å². The first-order valence-electron chi connectivity index (χ1n) is 19.9. The molecule has 4 nitrogen and oxygen atoms in total. The van der Waals surface area contributed by atoms with Gasteiger partial charge < -0.3 is 10.1 Å². The van der Waals surface area contributed by atoms with Crippen LogP contribution in [0.15, 0.2) is 204 Å². The molecule has 0 amide bonds. The summed E-state index contributed by atoms with van der Waals surface area (Å²) >= 11 is 0. The van der Waals surface area contributed by atoms with Crippen molar-refractivity contribution in [3.63, 3.8) is 0 Å². The maximum atomic E-state index is 7.10. The van der Waals surface area contributed by atoms with Crippen molar-refractivity contribution in [1.29, 1.82) is 0 Å². The van der Waals surface area contributed by atoms with Gasteiger partial charge in [0.25, 0.3) is 0 Å². The molecule has 268 valence electrons. The molecule has 1 fully saturated rings. The quantitative estimate of drug-likeness (QED) is 0.230. The molecule has 6 aliphatic carbocycles. The molecule has 8 aliphatic rings. The van der Waals surface area contributed by atoms with E-state index in [2.05, 4.69) is 194 Å². The predicted octanol–water partition coefficient (Wildman–Crippen LogP) is 8.80. The molecular weight excluding hydrogens is 683 g/mol. The second-order valence-corrected chi connectivity index (χ2v) is 16.0. The summed E-state index contributed by atoms with van der Waals surface area (Å²) in [6, 6.07) is 34.6. The van der Waals surface area contributed by atoms with Gasteiger partial charge in [-0.15, -0.1) is 0 Å². The number of benzene rings is 4. The van der Waals surface area contributed by atoms with Gasteiger partial charge in [0, 0.05) is 33.9 Å². The van der Waals surface area contributed by atoms with Crippen LogP contribution in [0.5, 0.6) is 11.5 Å². The van der Waals surface area contributed by atoms with Crippen LogP contribution in [0.25, 0.3) is 11.1 Å². The van der Waals surface area contributed by atoms with Crippen molar-refractivity contribution in [2.24, 2.45) is 45.5 Å². The number of hydrogen-bond acceptors (Lipinski definition) is 4. The summed E-state index contributed by atoms with van der Waals surface area (Å²) in [7, 11) is 0. The molecule has 12 rings (SSSR count). The van der Waals surface area contributed by atoms with Gasteiger partial charge >= 0.3 is 0 Å². The maximum absolute atomic E-state index is 7.10. The van der Waals surface area contributed by atoms with Gasteiger partial charge in [-0.2, -0.15) is 0 Å². The fourth-order valence-electron chi connectivity index (χ4n) is 11.1. The average molecular weight is 722 g/mol. The summed E-state index contributed by atoms with van der Waals surface area (Å²) in [5.41, 5.74) is 7.95. The zero-order valence-electron chi connectivity index (χ0n) is 30.7. The summed E-state index contributed by atoms with van der Waals surface area (Å²) in [6.07, 6.45) is 34.3. The Bertz CT molecular complexity index is 2770. The minimum Gasteiger partial charge on any atom is -0.456 e. The Morgan fingerprint density at radius 3 is 2.00 bits per heavy atom. The van der Waals surface area contributed by atoms with E-state index in [9.17, 15) is 0 Å². The van der Waals surface area contributed by atoms with Crippen LogP contribution in [0.4, 0.5) is 0 Å². The predicted molar refractivity (Wildman–Crippen MR) is 226 cm³/mol. The highest BCUT2D eigenvalue weighted by Crippen LogP contribution is 2.67. The largest absolute Gasteiger partial charge is 0.456 e. The minimum absolute atomic E-state index is 0.188. The van der Waals surface area contributed by atoms with Gasteiger partial charge in [-0.05, 0) is 63.0 Å². The van der Waals surface area contributed by atoms with Crippen LogP contribution in [0.3, 0.4) is 0 Å². The minimum atomic E-state index is -0.443. The van der Waals surface area contributed by atoms with Crippen molar-refractivity contribution in [3.05, 3.63) is 226 Å². The Hall–Kier alpha value is -6.52. The standard InChI is InChI=1S/C52H39N3O/c1-2-15-32(16-3-1)49-53-50(33-29-30-38-36-19-5-4-17-34(36)35-18-6-7-20-37(35)42(38)31-33)55-51(54-49)41-23-14-27-46-48(41)56-47-28-13-12-26-45(47)52(46)43-24-10-8-21-39(43)40-22-9-11-25-44(40)52/h1-31,37,39-40,42-44,50H,(H,53,54,55). The Balaban J connectivity index is 1.03. The average Bonchev–Trinajstić information content (AvgIpc) is 3.57. The highest BCUT2D eigenvalue weighted by molar-refractivity contribution is 6.17. The molecule has 1 saturated carbocycles. The van der Waals surface area contributed by atoms with Gasteiger partial charge in [-0.3, -0.25) is 0 Å². The van der Waals surface area contributed by atoms with Crippen molar-refractivity contribution < 1.29 is 4.74 Å². The summed E-state index contributed by atoms with van der Waals surface area (Å²) in [5, 5.41) is 6.36. The lowest BCUT2D eigenvalue weighted by Crippen LogP contribution is -2.43. The number of fused-ring (bicyclic) bond motifs is 13. The third kappa shape index (κ3) is 4.47. The molecule has 4 aromatic carbocycles. The molecule has 4 heteroatoms. The molecule has 4 aromatic rings. The third-order valence-electron chi connectivity index (χ3n) is 13.4. The molecule has 0 radical (unpaired) electrons. The van der Waals surface area contributed by atoms with Crippen LogP contribution in [0.1, 0.15) is 22.3 Å². The molecule has 2 aliphatic heterocycles. The number of para-hydroxylation sites is 2. The lowest BCUT2D eigenvalue weighted by atomic mass is 9.59. The first-order chi connectivity index (χ1) is 27.8. The number of nitrogens with zero attached hydrogens (tertiary/aromatic N) is 2. The second-order valence-electron chi connectivity index (χ2n) is 16.0. The first-order valence-corrected chi connectivity index (χ1v) is 19.9. The Morgan fingerprint density at radius 1 is 0.536 bits per heavy atom. The highest BCUT2D eigenvalue weighted by Gasteiger charge is 2.62. The topological polar surface area (TPSA) is 46.0 Å². The van der Waals surface area contributed by atoms with Crippen molar-refractivity contribution in [1.82, 2.24) is 5.32 Å². The van der Waals surface area contributed by atoms with Gasteiger partial charge in [0.05, 0.1) is 5.56 Å². The van der Waals surface area contributed by atoms with Crippen LogP contribution in [-0.2, 0) is 5.41 Å². The molecular formula is C52H39N3O. The van der Waals surface area contributed by atoms with Crippen LogP contribution in [0.2, 0.25) is 0 Å². The van der Waals surface area contributed by atoms with E-state index in [0.29, 0.717) is 11.8 Å². The van der Waals surface area contributed by atoms with E-state index in [1.165, 1.54) is 32.7 Å². The molecule has 7 atom stereocenters. The normalized spacial score (nSPS) is 30.4. The maximum Gasteiger partial charge on any atom is 0.169 e. The number of nitrogens with one attached hydrogen (secondary N) is 1. The number of allylic oxidation sites excluding steroid dienone is 14. The van der Waals surface area contributed by atoms with E-state index in [-0.39, 0.29) is 29.1 Å². The molecule has 56 heavy (non-hydrogen) atoms. The van der Waals surface area contributed by atoms with E-state index in [1.807, 2.05) is 0 Å². The zero-order valence-corrected chi connectivity index (χ0v) is 30.7. The zero-order chi connectivity index (χ0) is 36.8. The fourth-order valence-corrected chi connectivity index (χ4v) is 11.1. The Morgan fingerprint density at radius 2 is 1.20 bits per heavy atom. The van der Waals surface area contributed by atoms with Gasteiger partial charge in [0.15, 0.2) is 6.17 Å². The number of rotatable bonds is 3. The monoisotopic (exact) mass is 721 g/mol. The van der Waals surface area contributed by atoms with Crippen molar-refractivity contribution in [3.8, 4) is 11.5 Å². The lowest BCUT2D eigenvalue weighted by molar-refractivity contribution is 0.310. The van der Waals surface area contributed by atoms with Crippen molar-refractivity contribution >= 4 is 22.8 Å². The van der Waals surface area contributed by atoms with Crippen LogP contribution in [0, 0.1) is 35.5 Å². The summed E-state index contributed by atoms with van der Waals surface area (Å²) < 4.78 is 7.10. The van der Waals surface area contributed by atoms with E-state index in [0.717, 1.165) is 39.9 Å². The molecule has 0 bridgehead atoms. The van der Waals surface area contributed by atoms with Crippen LogP contribution >= 0.6 is 0 Å². The summed E-state index contributed by atoms with van der Waals surface area (Å²) in [5.74, 6) is 5.10. The van der Waals surface area contributed by atoms with E-state index < -0.39 is 6.17 Å². The van der Waals surface area contributed by atoms with Crippen molar-refractivity contribution in [2.45, 2.75) is 11.6 Å². The second kappa shape index (κ2) is 12.2. The molecule has 0 saturated heterocycles. The fraction of sp³-hybridized carbons (Fsp3) is 0.154. The van der Waals surface area contributed by atoms with Crippen LogP contribution in [-0.4, -0.2) is 17.8 Å². The smallest absolute Gasteiger partial charge is 0.169 e. The van der Waals surface area contributed by atoms with Crippen molar-refractivity contribution in [2.75, 3.05) is 0 Å². The van der Waals surface area contributed by atoms with Crippen LogP contribution < -0.4 is 20.5 Å². The first kappa shape index (κ1) is 31.8.